The molecule has 0 aliphatic heterocycles. The molecule has 0 saturated heterocycles. The molecule has 0 radical (unpaired) electrons. The smallest absolute Gasteiger partial charge is 0.411 e. The van der Waals surface area contributed by atoms with Crippen LogP contribution in [0.2, 0.25) is 0 Å². The van der Waals surface area contributed by atoms with E-state index in [9.17, 15) is 4.79 Å². The Morgan fingerprint density at radius 1 is 1.29 bits per heavy atom. The van der Waals surface area contributed by atoms with Gasteiger partial charge in [0.2, 0.25) is 0 Å². The molecule has 1 aromatic rings. The Balaban J connectivity index is 2.76. The number of anilines is 1. The highest BCUT2D eigenvalue weighted by Crippen LogP contribution is 2.28. The average molecular weight is 239 g/mol. The van der Waals surface area contributed by atoms with E-state index >= 15 is 0 Å². The summed E-state index contributed by atoms with van der Waals surface area (Å²) in [6, 6.07) is 5.14. The van der Waals surface area contributed by atoms with Crippen LogP contribution in [0, 0.1) is 0 Å². The van der Waals surface area contributed by atoms with Crippen molar-refractivity contribution in [3.05, 3.63) is 18.2 Å². The van der Waals surface area contributed by atoms with Gasteiger partial charge in [0.25, 0.3) is 0 Å². The quantitative estimate of drug-likeness (QED) is 0.858. The van der Waals surface area contributed by atoms with E-state index < -0.39 is 6.09 Å². The maximum Gasteiger partial charge on any atom is 0.411 e. The van der Waals surface area contributed by atoms with Gasteiger partial charge in [-0.15, -0.1) is 0 Å². The molecule has 5 nitrogen and oxygen atoms in total. The predicted molar refractivity (Wildman–Crippen MR) is 64.8 cm³/mol. The van der Waals surface area contributed by atoms with Crippen LogP contribution in [0.4, 0.5) is 10.5 Å². The first kappa shape index (κ1) is 13.2. The molecule has 0 bridgehead atoms. The number of ether oxygens (including phenoxy) is 3. The summed E-state index contributed by atoms with van der Waals surface area (Å²) >= 11 is 0. The summed E-state index contributed by atoms with van der Waals surface area (Å²) in [5, 5.41) is 2.60. The van der Waals surface area contributed by atoms with Gasteiger partial charge in [0.1, 0.15) is 11.5 Å². The van der Waals surface area contributed by atoms with Crippen LogP contribution in [0.1, 0.15) is 13.3 Å². The maximum absolute atomic E-state index is 11.4. The minimum absolute atomic E-state index is 0.387. The normalized spacial score (nSPS) is 9.59. The van der Waals surface area contributed by atoms with Gasteiger partial charge in [0.15, 0.2) is 0 Å². The molecule has 0 heterocycles. The van der Waals surface area contributed by atoms with Crippen LogP contribution in [-0.4, -0.2) is 26.9 Å². The molecule has 0 saturated carbocycles. The van der Waals surface area contributed by atoms with E-state index in [0.29, 0.717) is 23.8 Å². The maximum atomic E-state index is 11.4. The largest absolute Gasteiger partial charge is 0.497 e. The number of methoxy groups -OCH3 is 2. The molecule has 0 aromatic heterocycles. The van der Waals surface area contributed by atoms with Crippen molar-refractivity contribution in [1.82, 2.24) is 0 Å². The number of amides is 1. The molecule has 17 heavy (non-hydrogen) atoms. The highest BCUT2D eigenvalue weighted by Gasteiger charge is 2.09. The van der Waals surface area contributed by atoms with E-state index in [1.807, 2.05) is 6.92 Å². The van der Waals surface area contributed by atoms with Crippen molar-refractivity contribution in [2.45, 2.75) is 13.3 Å². The average Bonchev–Trinajstić information content (AvgIpc) is 2.36. The zero-order valence-electron chi connectivity index (χ0n) is 10.3. The number of carbonyl (C=O) groups is 1. The molecule has 0 atom stereocenters. The van der Waals surface area contributed by atoms with E-state index in [-0.39, 0.29) is 0 Å². The van der Waals surface area contributed by atoms with E-state index in [2.05, 4.69) is 5.32 Å². The molecule has 0 fully saturated rings. The lowest BCUT2D eigenvalue weighted by Gasteiger charge is -2.11. The highest BCUT2D eigenvalue weighted by atomic mass is 16.5. The molecule has 0 aliphatic carbocycles. The second kappa shape index (κ2) is 6.62. The summed E-state index contributed by atoms with van der Waals surface area (Å²) in [5.74, 6) is 1.19. The van der Waals surface area contributed by atoms with Gasteiger partial charge >= 0.3 is 6.09 Å². The van der Waals surface area contributed by atoms with Crippen LogP contribution in [0.3, 0.4) is 0 Å². The fraction of sp³-hybridized carbons (Fsp3) is 0.417. The Morgan fingerprint density at radius 2 is 2.06 bits per heavy atom. The number of hydrogen-bond acceptors (Lipinski definition) is 4. The Morgan fingerprint density at radius 3 is 2.65 bits per heavy atom. The first-order valence-corrected chi connectivity index (χ1v) is 5.37. The first-order valence-electron chi connectivity index (χ1n) is 5.37. The summed E-state index contributed by atoms with van der Waals surface area (Å²) in [6.07, 6.45) is 0.279. The van der Waals surface area contributed by atoms with E-state index in [1.165, 1.54) is 7.11 Å². The zero-order valence-corrected chi connectivity index (χ0v) is 10.3. The van der Waals surface area contributed by atoms with Gasteiger partial charge in [-0.2, -0.15) is 0 Å². The molecule has 1 N–H and O–H groups in total. The number of hydrogen-bond donors (Lipinski definition) is 1. The Kier molecular flexibility index (Phi) is 5.13. The van der Waals surface area contributed by atoms with Gasteiger partial charge in [-0.05, 0) is 18.6 Å². The fourth-order valence-corrected chi connectivity index (χ4v) is 1.25. The molecule has 94 valence electrons. The summed E-state index contributed by atoms with van der Waals surface area (Å²) in [5.41, 5.74) is 0.521. The van der Waals surface area contributed by atoms with Crippen molar-refractivity contribution in [3.63, 3.8) is 0 Å². The summed E-state index contributed by atoms with van der Waals surface area (Å²) in [6.45, 7) is 2.32. The van der Waals surface area contributed by atoms with Crippen molar-refractivity contribution >= 4 is 11.8 Å². The number of carbonyl (C=O) groups excluding carboxylic acids is 1. The molecular weight excluding hydrogens is 222 g/mol. The highest BCUT2D eigenvalue weighted by molar-refractivity contribution is 5.87. The number of benzene rings is 1. The van der Waals surface area contributed by atoms with Crippen LogP contribution in [0.25, 0.3) is 0 Å². The summed E-state index contributed by atoms with van der Waals surface area (Å²) in [7, 11) is 3.09. The third kappa shape index (κ3) is 3.86. The van der Waals surface area contributed by atoms with Crippen LogP contribution < -0.4 is 14.8 Å². The van der Waals surface area contributed by atoms with E-state index in [1.54, 1.807) is 25.3 Å². The van der Waals surface area contributed by atoms with Gasteiger partial charge in [-0.1, -0.05) is 6.92 Å². The lowest BCUT2D eigenvalue weighted by Crippen LogP contribution is -2.14. The minimum Gasteiger partial charge on any atom is -0.497 e. The van der Waals surface area contributed by atoms with E-state index in [0.717, 1.165) is 6.42 Å². The van der Waals surface area contributed by atoms with Crippen molar-refractivity contribution in [2.75, 3.05) is 26.1 Å². The molecule has 0 spiro atoms. The third-order valence-corrected chi connectivity index (χ3v) is 2.08. The zero-order chi connectivity index (χ0) is 12.7. The Labute approximate surface area is 101 Å². The van der Waals surface area contributed by atoms with Gasteiger partial charge in [0.05, 0.1) is 26.5 Å². The molecular formula is C12H17NO4. The fourth-order valence-electron chi connectivity index (χ4n) is 1.25. The molecule has 1 amide bonds. The molecule has 0 aliphatic rings. The SMILES string of the molecule is CCCOC(=O)Nc1cc(OC)ccc1OC. The second-order valence-corrected chi connectivity index (χ2v) is 3.33. The minimum atomic E-state index is -0.501. The van der Waals surface area contributed by atoms with Gasteiger partial charge < -0.3 is 14.2 Å². The Hall–Kier alpha value is -1.91. The predicted octanol–water partition coefficient (Wildman–Crippen LogP) is 2.66. The third-order valence-electron chi connectivity index (χ3n) is 2.08. The van der Waals surface area contributed by atoms with E-state index in [4.69, 9.17) is 14.2 Å². The van der Waals surface area contributed by atoms with Gasteiger partial charge in [0, 0.05) is 6.07 Å². The summed E-state index contributed by atoms with van der Waals surface area (Å²) < 4.78 is 15.1. The molecule has 1 aromatic carbocycles. The van der Waals surface area contributed by atoms with Gasteiger partial charge in [-0.25, -0.2) is 4.79 Å². The van der Waals surface area contributed by atoms with Crippen molar-refractivity contribution in [1.29, 1.82) is 0 Å². The molecule has 5 heteroatoms. The van der Waals surface area contributed by atoms with Crippen LogP contribution >= 0.6 is 0 Å². The number of rotatable bonds is 5. The van der Waals surface area contributed by atoms with Crippen molar-refractivity contribution < 1.29 is 19.0 Å². The molecule has 1 rings (SSSR count). The topological polar surface area (TPSA) is 56.8 Å². The van der Waals surface area contributed by atoms with Crippen LogP contribution in [0.15, 0.2) is 18.2 Å². The number of nitrogens with one attached hydrogen (secondary N) is 1. The van der Waals surface area contributed by atoms with Crippen LogP contribution in [0.5, 0.6) is 11.5 Å². The van der Waals surface area contributed by atoms with Crippen LogP contribution in [-0.2, 0) is 4.74 Å². The Bertz CT molecular complexity index is 379. The standard InChI is InChI=1S/C12H17NO4/c1-4-7-17-12(14)13-10-8-9(15-2)5-6-11(10)16-3/h5-6,8H,4,7H2,1-3H3,(H,13,14). The van der Waals surface area contributed by atoms with Gasteiger partial charge in [-0.3, -0.25) is 5.32 Å². The lowest BCUT2D eigenvalue weighted by atomic mass is 10.2. The molecule has 0 unspecified atom stereocenters. The summed E-state index contributed by atoms with van der Waals surface area (Å²) in [4.78, 5) is 11.4. The monoisotopic (exact) mass is 239 g/mol. The lowest BCUT2D eigenvalue weighted by molar-refractivity contribution is 0.161. The van der Waals surface area contributed by atoms with Crippen molar-refractivity contribution in [3.8, 4) is 11.5 Å². The second-order valence-electron chi connectivity index (χ2n) is 3.33. The first-order chi connectivity index (χ1) is 8.21. The van der Waals surface area contributed by atoms with Crippen molar-refractivity contribution in [2.24, 2.45) is 0 Å².